The van der Waals surface area contributed by atoms with Crippen LogP contribution in [0.3, 0.4) is 0 Å². The fraction of sp³-hybridized carbons (Fsp3) is 0.500. The van der Waals surface area contributed by atoms with E-state index in [1.165, 1.54) is 0 Å². The zero-order valence-corrected chi connectivity index (χ0v) is 9.12. The molecule has 0 amide bonds. The predicted molar refractivity (Wildman–Crippen MR) is 59.3 cm³/mol. The Morgan fingerprint density at radius 2 is 2.00 bits per heavy atom. The van der Waals surface area contributed by atoms with E-state index in [1.807, 2.05) is 6.07 Å². The lowest BCUT2D eigenvalue weighted by Crippen LogP contribution is -2.18. The summed E-state index contributed by atoms with van der Waals surface area (Å²) < 4.78 is 0. The fourth-order valence-corrected chi connectivity index (χ4v) is 1.58. The first-order chi connectivity index (χ1) is 6.56. The van der Waals surface area contributed by atoms with Crippen LogP contribution < -0.4 is 5.73 Å². The number of aromatic hydroxyl groups is 1. The largest absolute Gasteiger partial charge is 0.508 e. The lowest BCUT2D eigenvalue weighted by Gasteiger charge is -2.19. The van der Waals surface area contributed by atoms with E-state index in [0.717, 1.165) is 17.5 Å². The van der Waals surface area contributed by atoms with Crippen LogP contribution in [-0.4, -0.2) is 5.11 Å². The minimum atomic E-state index is 0.0607. The smallest absolute Gasteiger partial charge is 0.115 e. The van der Waals surface area contributed by atoms with Crippen LogP contribution in [0.1, 0.15) is 37.9 Å². The highest BCUT2D eigenvalue weighted by Gasteiger charge is 2.13. The molecular weight excluding hydrogens is 174 g/mol. The van der Waals surface area contributed by atoms with Crippen LogP contribution in [0.25, 0.3) is 0 Å². The molecule has 0 aliphatic heterocycles. The monoisotopic (exact) mass is 193 g/mol. The molecule has 78 valence electrons. The van der Waals surface area contributed by atoms with Crippen molar-refractivity contribution in [2.75, 3.05) is 0 Å². The van der Waals surface area contributed by atoms with Crippen LogP contribution in [0.4, 0.5) is 0 Å². The maximum absolute atomic E-state index is 9.35. The van der Waals surface area contributed by atoms with E-state index in [1.54, 1.807) is 12.1 Å². The lowest BCUT2D eigenvalue weighted by molar-refractivity contribution is 0.471. The fourth-order valence-electron chi connectivity index (χ4n) is 1.58. The van der Waals surface area contributed by atoms with Crippen molar-refractivity contribution in [2.45, 2.75) is 33.2 Å². The molecule has 0 bridgehead atoms. The maximum atomic E-state index is 9.35. The van der Waals surface area contributed by atoms with E-state index >= 15 is 0 Å². The van der Waals surface area contributed by atoms with Crippen molar-refractivity contribution in [1.29, 1.82) is 0 Å². The topological polar surface area (TPSA) is 46.2 Å². The third kappa shape index (κ3) is 2.26. The van der Waals surface area contributed by atoms with E-state index in [2.05, 4.69) is 20.8 Å². The van der Waals surface area contributed by atoms with Gasteiger partial charge in [0.2, 0.25) is 0 Å². The number of hydrogen-bond acceptors (Lipinski definition) is 2. The van der Waals surface area contributed by atoms with E-state index in [0.29, 0.717) is 11.7 Å². The summed E-state index contributed by atoms with van der Waals surface area (Å²) in [4.78, 5) is 0. The molecule has 1 aromatic carbocycles. The minimum absolute atomic E-state index is 0.0607. The molecule has 0 spiro atoms. The van der Waals surface area contributed by atoms with Crippen molar-refractivity contribution in [3.8, 4) is 5.75 Å². The molecule has 1 atom stereocenters. The standard InChI is InChI=1S/C12H19NO/c1-4-9-7-10(14)5-6-11(9)12(13)8(2)3/h5-8,12,14H,4,13H2,1-3H3/t12-/m1/s1. The Labute approximate surface area is 85.8 Å². The van der Waals surface area contributed by atoms with E-state index in [-0.39, 0.29) is 6.04 Å². The second-order valence-corrected chi connectivity index (χ2v) is 4.01. The normalized spacial score (nSPS) is 13.2. The minimum Gasteiger partial charge on any atom is -0.508 e. The van der Waals surface area contributed by atoms with Crippen LogP contribution in [0, 0.1) is 5.92 Å². The van der Waals surface area contributed by atoms with Crippen molar-refractivity contribution in [3.05, 3.63) is 29.3 Å². The lowest BCUT2D eigenvalue weighted by atomic mass is 9.92. The molecule has 0 aromatic heterocycles. The molecule has 0 aliphatic rings. The molecule has 0 saturated carbocycles. The summed E-state index contributed by atoms with van der Waals surface area (Å²) in [6.07, 6.45) is 0.907. The molecule has 2 heteroatoms. The number of hydrogen-bond donors (Lipinski definition) is 2. The van der Waals surface area contributed by atoms with Crippen LogP contribution in [0.5, 0.6) is 5.75 Å². The number of aryl methyl sites for hydroxylation is 1. The Bertz CT molecular complexity index is 307. The maximum Gasteiger partial charge on any atom is 0.115 e. The highest BCUT2D eigenvalue weighted by atomic mass is 16.3. The molecule has 3 N–H and O–H groups in total. The molecule has 1 rings (SSSR count). The third-order valence-electron chi connectivity index (χ3n) is 2.58. The predicted octanol–water partition coefficient (Wildman–Crippen LogP) is 2.61. The summed E-state index contributed by atoms with van der Waals surface area (Å²) >= 11 is 0. The van der Waals surface area contributed by atoms with Crippen molar-refractivity contribution in [2.24, 2.45) is 11.7 Å². The van der Waals surface area contributed by atoms with Gasteiger partial charge in [-0.2, -0.15) is 0 Å². The molecule has 0 fully saturated rings. The van der Waals surface area contributed by atoms with Crippen LogP contribution in [-0.2, 0) is 6.42 Å². The van der Waals surface area contributed by atoms with Gasteiger partial charge in [-0.05, 0) is 35.6 Å². The van der Waals surface area contributed by atoms with Crippen molar-refractivity contribution in [3.63, 3.8) is 0 Å². The summed E-state index contributed by atoms with van der Waals surface area (Å²) in [7, 11) is 0. The zero-order chi connectivity index (χ0) is 10.7. The molecule has 14 heavy (non-hydrogen) atoms. The molecule has 2 nitrogen and oxygen atoms in total. The molecule has 0 heterocycles. The van der Waals surface area contributed by atoms with Gasteiger partial charge in [-0.15, -0.1) is 0 Å². The SMILES string of the molecule is CCc1cc(O)ccc1[C@H](N)C(C)C. The average Bonchev–Trinajstić information content (AvgIpc) is 2.16. The van der Waals surface area contributed by atoms with Crippen molar-refractivity contribution >= 4 is 0 Å². The van der Waals surface area contributed by atoms with Crippen LogP contribution in [0.15, 0.2) is 18.2 Å². The first-order valence-corrected chi connectivity index (χ1v) is 5.13. The molecule has 1 aromatic rings. The molecule has 0 aliphatic carbocycles. The Kier molecular flexibility index (Phi) is 3.53. The zero-order valence-electron chi connectivity index (χ0n) is 9.12. The van der Waals surface area contributed by atoms with Crippen LogP contribution >= 0.6 is 0 Å². The molecular formula is C12H19NO. The van der Waals surface area contributed by atoms with Gasteiger partial charge in [0.1, 0.15) is 5.75 Å². The van der Waals surface area contributed by atoms with Gasteiger partial charge in [-0.1, -0.05) is 26.8 Å². The second kappa shape index (κ2) is 4.47. The Hall–Kier alpha value is -1.02. The molecule has 0 radical (unpaired) electrons. The highest BCUT2D eigenvalue weighted by Crippen LogP contribution is 2.25. The van der Waals surface area contributed by atoms with E-state index in [9.17, 15) is 5.11 Å². The first kappa shape index (κ1) is 11.1. The number of nitrogens with two attached hydrogens (primary N) is 1. The third-order valence-corrected chi connectivity index (χ3v) is 2.58. The Morgan fingerprint density at radius 1 is 1.36 bits per heavy atom. The van der Waals surface area contributed by atoms with Crippen molar-refractivity contribution in [1.82, 2.24) is 0 Å². The number of phenols is 1. The van der Waals surface area contributed by atoms with Crippen molar-refractivity contribution < 1.29 is 5.11 Å². The van der Waals surface area contributed by atoms with Gasteiger partial charge in [0.15, 0.2) is 0 Å². The van der Waals surface area contributed by atoms with Gasteiger partial charge < -0.3 is 10.8 Å². The summed E-state index contributed by atoms with van der Waals surface area (Å²) in [5, 5.41) is 9.35. The van der Waals surface area contributed by atoms with Gasteiger partial charge >= 0.3 is 0 Å². The summed E-state index contributed by atoms with van der Waals surface area (Å²) in [6, 6.07) is 5.50. The summed E-state index contributed by atoms with van der Waals surface area (Å²) in [6.45, 7) is 6.29. The van der Waals surface area contributed by atoms with Gasteiger partial charge in [-0.25, -0.2) is 0 Å². The highest BCUT2D eigenvalue weighted by molar-refractivity contribution is 5.36. The number of benzene rings is 1. The van der Waals surface area contributed by atoms with Gasteiger partial charge in [-0.3, -0.25) is 0 Å². The Morgan fingerprint density at radius 3 is 2.50 bits per heavy atom. The number of phenolic OH excluding ortho intramolecular Hbond substituents is 1. The van der Waals surface area contributed by atoms with Crippen LogP contribution in [0.2, 0.25) is 0 Å². The van der Waals surface area contributed by atoms with E-state index in [4.69, 9.17) is 5.73 Å². The first-order valence-electron chi connectivity index (χ1n) is 5.13. The van der Waals surface area contributed by atoms with Gasteiger partial charge in [0.05, 0.1) is 0 Å². The van der Waals surface area contributed by atoms with Gasteiger partial charge in [0, 0.05) is 6.04 Å². The second-order valence-electron chi connectivity index (χ2n) is 4.01. The van der Waals surface area contributed by atoms with Gasteiger partial charge in [0.25, 0.3) is 0 Å². The molecule has 0 unspecified atom stereocenters. The number of rotatable bonds is 3. The molecule has 0 saturated heterocycles. The summed E-state index contributed by atoms with van der Waals surface area (Å²) in [5.41, 5.74) is 8.38. The van der Waals surface area contributed by atoms with E-state index < -0.39 is 0 Å². The quantitative estimate of drug-likeness (QED) is 0.775. The summed E-state index contributed by atoms with van der Waals surface area (Å²) in [5.74, 6) is 0.742. The average molecular weight is 193 g/mol. The Balaban J connectivity index is 3.07.